The largest absolute Gasteiger partial charge is 0.466 e. The van der Waals surface area contributed by atoms with Crippen LogP contribution in [0.1, 0.15) is 59.1 Å². The van der Waals surface area contributed by atoms with Gasteiger partial charge in [0.1, 0.15) is 10.8 Å². The third-order valence-electron chi connectivity index (χ3n) is 6.42. The van der Waals surface area contributed by atoms with E-state index in [2.05, 4.69) is 23.2 Å². The van der Waals surface area contributed by atoms with Crippen LogP contribution in [0.3, 0.4) is 0 Å². The molecule has 1 aliphatic rings. The zero-order valence-corrected chi connectivity index (χ0v) is 20.9. The van der Waals surface area contributed by atoms with Crippen molar-refractivity contribution in [3.63, 3.8) is 0 Å². The number of thiophene rings is 1. The lowest BCUT2D eigenvalue weighted by molar-refractivity contribution is -0.149. The Balaban J connectivity index is 1.66. The molecule has 35 heavy (non-hydrogen) atoms. The van der Waals surface area contributed by atoms with E-state index in [9.17, 15) is 14.0 Å². The van der Waals surface area contributed by atoms with Crippen molar-refractivity contribution in [3.05, 3.63) is 88.0 Å². The van der Waals surface area contributed by atoms with E-state index in [4.69, 9.17) is 4.74 Å². The first kappa shape index (κ1) is 25.1. The van der Waals surface area contributed by atoms with Crippen LogP contribution in [0.4, 0.5) is 9.39 Å². The number of nitrogens with one attached hydrogen (secondary N) is 1. The Morgan fingerprint density at radius 2 is 1.77 bits per heavy atom. The number of carbonyl (C=O) groups is 2. The second-order valence-electron chi connectivity index (χ2n) is 8.69. The lowest BCUT2D eigenvalue weighted by Crippen LogP contribution is -2.39. The normalized spacial score (nSPS) is 15.5. The summed E-state index contributed by atoms with van der Waals surface area (Å²) in [5.41, 5.74) is 2.55. The van der Waals surface area contributed by atoms with Gasteiger partial charge in [-0.3, -0.25) is 14.5 Å². The highest BCUT2D eigenvalue weighted by atomic mass is 32.1. The van der Waals surface area contributed by atoms with Crippen molar-refractivity contribution in [2.75, 3.05) is 25.0 Å². The van der Waals surface area contributed by atoms with E-state index < -0.39 is 0 Å². The Morgan fingerprint density at radius 3 is 2.40 bits per heavy atom. The van der Waals surface area contributed by atoms with E-state index in [-0.39, 0.29) is 29.7 Å². The van der Waals surface area contributed by atoms with Crippen LogP contribution in [0.25, 0.3) is 0 Å². The number of aryl methyl sites for hydroxylation is 1. The lowest BCUT2D eigenvalue weighted by Gasteiger charge is -2.37. The van der Waals surface area contributed by atoms with Crippen LogP contribution in [-0.4, -0.2) is 36.5 Å². The number of anilines is 1. The van der Waals surface area contributed by atoms with Crippen molar-refractivity contribution in [1.82, 2.24) is 4.90 Å². The number of carbonyl (C=O) groups excluding carboxylic acids is 2. The molecule has 1 unspecified atom stereocenters. The average Bonchev–Trinajstić information content (AvgIpc) is 3.28. The second-order valence-corrected chi connectivity index (χ2v) is 9.82. The van der Waals surface area contributed by atoms with E-state index in [1.807, 2.05) is 37.3 Å². The van der Waals surface area contributed by atoms with Crippen molar-refractivity contribution in [2.24, 2.45) is 5.92 Å². The van der Waals surface area contributed by atoms with E-state index >= 15 is 0 Å². The fourth-order valence-corrected chi connectivity index (χ4v) is 5.61. The molecular weight excluding hydrogens is 463 g/mol. The smallest absolute Gasteiger partial charge is 0.309 e. The second kappa shape index (κ2) is 11.6. The molecule has 4 rings (SSSR count). The van der Waals surface area contributed by atoms with Crippen LogP contribution < -0.4 is 5.32 Å². The van der Waals surface area contributed by atoms with Gasteiger partial charge in [0.2, 0.25) is 0 Å². The molecule has 2 aromatic carbocycles. The quantitative estimate of drug-likeness (QED) is 0.387. The Kier molecular flexibility index (Phi) is 8.31. The minimum atomic E-state index is -0.286. The van der Waals surface area contributed by atoms with Crippen LogP contribution in [0.2, 0.25) is 0 Å². The highest BCUT2D eigenvalue weighted by molar-refractivity contribution is 7.16. The minimum absolute atomic E-state index is 0.106. The summed E-state index contributed by atoms with van der Waals surface area (Å²) in [5, 5.41) is 3.93. The number of hydrogen-bond acceptors (Lipinski definition) is 5. The number of benzene rings is 2. The Morgan fingerprint density at radius 1 is 1.09 bits per heavy atom. The molecule has 0 spiro atoms. The van der Waals surface area contributed by atoms with Crippen LogP contribution in [0.5, 0.6) is 0 Å². The van der Waals surface area contributed by atoms with Crippen LogP contribution in [0.15, 0.2) is 60.7 Å². The summed E-state index contributed by atoms with van der Waals surface area (Å²) in [6, 6.07) is 17.7. The van der Waals surface area contributed by atoms with E-state index in [1.165, 1.54) is 12.1 Å². The molecule has 1 N–H and O–H groups in total. The van der Waals surface area contributed by atoms with Gasteiger partial charge >= 0.3 is 5.97 Å². The maximum atomic E-state index is 13.8. The Hall–Kier alpha value is -3.03. The molecule has 184 valence electrons. The summed E-state index contributed by atoms with van der Waals surface area (Å²) in [7, 11) is 0. The van der Waals surface area contributed by atoms with Crippen molar-refractivity contribution in [2.45, 2.75) is 39.2 Å². The van der Waals surface area contributed by atoms with Crippen LogP contribution in [0, 0.1) is 11.7 Å². The molecule has 1 atom stereocenters. The number of rotatable bonds is 8. The Bertz CT molecular complexity index is 1140. The van der Waals surface area contributed by atoms with Crippen molar-refractivity contribution in [3.8, 4) is 0 Å². The number of nitrogens with zero attached hydrogens (tertiary/aromatic N) is 1. The molecule has 1 saturated heterocycles. The van der Waals surface area contributed by atoms with Gasteiger partial charge in [-0.15, -0.1) is 11.3 Å². The third kappa shape index (κ3) is 5.97. The van der Waals surface area contributed by atoms with Gasteiger partial charge in [0.05, 0.1) is 18.6 Å². The molecule has 1 amide bonds. The zero-order valence-electron chi connectivity index (χ0n) is 20.1. The monoisotopic (exact) mass is 494 g/mol. The number of piperidine rings is 1. The first-order valence-electron chi connectivity index (χ1n) is 12.1. The predicted molar refractivity (Wildman–Crippen MR) is 137 cm³/mol. The van der Waals surface area contributed by atoms with Crippen LogP contribution in [-0.2, 0) is 16.0 Å². The topological polar surface area (TPSA) is 58.6 Å². The molecule has 5 nitrogen and oxygen atoms in total. The van der Waals surface area contributed by atoms with Gasteiger partial charge < -0.3 is 10.1 Å². The highest BCUT2D eigenvalue weighted by Crippen LogP contribution is 2.41. The molecule has 0 aliphatic carbocycles. The number of hydrogen-bond donors (Lipinski definition) is 1. The standard InChI is InChI=1S/C28H31FN2O3S/c1-3-23-18-24(27(35-23)30-26(32)20-8-6-5-7-9-20)25(19-10-12-22(29)13-11-19)31-16-14-21(15-17-31)28(33)34-4-2/h5-13,18,21,25H,3-4,14-17H2,1-2H3,(H,30,32). The summed E-state index contributed by atoms with van der Waals surface area (Å²) in [4.78, 5) is 28.8. The molecule has 0 saturated carbocycles. The molecule has 1 fully saturated rings. The van der Waals surface area contributed by atoms with E-state index in [0.717, 1.165) is 27.4 Å². The molecule has 3 aromatic rings. The number of halogens is 1. The molecule has 0 bridgehead atoms. The van der Waals surface area contributed by atoms with Gasteiger partial charge in [0.25, 0.3) is 5.91 Å². The van der Waals surface area contributed by atoms with Gasteiger partial charge in [-0.25, -0.2) is 4.39 Å². The van der Waals surface area contributed by atoms with Gasteiger partial charge in [-0.2, -0.15) is 0 Å². The van der Waals surface area contributed by atoms with Crippen molar-refractivity contribution in [1.29, 1.82) is 0 Å². The number of likely N-dealkylation sites (tertiary alicyclic amines) is 1. The fraction of sp³-hybridized carbons (Fsp3) is 0.357. The summed E-state index contributed by atoms with van der Waals surface area (Å²) in [6.45, 7) is 5.71. The molecule has 1 aromatic heterocycles. The fourth-order valence-electron chi connectivity index (χ4n) is 4.58. The summed E-state index contributed by atoms with van der Waals surface area (Å²) < 4.78 is 19.0. The zero-order chi connectivity index (χ0) is 24.8. The minimum Gasteiger partial charge on any atom is -0.466 e. The lowest BCUT2D eigenvalue weighted by atomic mass is 9.91. The first-order valence-corrected chi connectivity index (χ1v) is 13.0. The van der Waals surface area contributed by atoms with Gasteiger partial charge in [-0.1, -0.05) is 37.3 Å². The maximum Gasteiger partial charge on any atom is 0.309 e. The predicted octanol–water partition coefficient (Wildman–Crippen LogP) is 6.07. The van der Waals surface area contributed by atoms with E-state index in [1.54, 1.807) is 23.5 Å². The van der Waals surface area contributed by atoms with Gasteiger partial charge in [0, 0.05) is 16.0 Å². The molecule has 1 aliphatic heterocycles. The maximum absolute atomic E-state index is 13.8. The van der Waals surface area contributed by atoms with Crippen molar-refractivity contribution >= 4 is 28.2 Å². The first-order chi connectivity index (χ1) is 17.0. The summed E-state index contributed by atoms with van der Waals surface area (Å²) in [5.74, 6) is -0.683. The average molecular weight is 495 g/mol. The van der Waals surface area contributed by atoms with Gasteiger partial charge in [-0.05, 0) is 75.2 Å². The molecular formula is C28H31FN2O3S. The Labute approximate surface area is 209 Å². The molecule has 7 heteroatoms. The summed E-state index contributed by atoms with van der Waals surface area (Å²) >= 11 is 1.58. The van der Waals surface area contributed by atoms with Gasteiger partial charge in [0.15, 0.2) is 0 Å². The van der Waals surface area contributed by atoms with E-state index in [0.29, 0.717) is 38.1 Å². The number of amides is 1. The summed E-state index contributed by atoms with van der Waals surface area (Å²) in [6.07, 6.45) is 2.25. The van der Waals surface area contributed by atoms with Crippen molar-refractivity contribution < 1.29 is 18.7 Å². The number of ether oxygens (including phenoxy) is 1. The van der Waals surface area contributed by atoms with Crippen LogP contribution >= 0.6 is 11.3 Å². The molecule has 0 radical (unpaired) electrons. The molecule has 2 heterocycles. The highest BCUT2D eigenvalue weighted by Gasteiger charge is 2.33. The number of esters is 1. The third-order valence-corrected chi connectivity index (χ3v) is 7.63. The SMILES string of the molecule is CCOC(=O)C1CCN(C(c2ccc(F)cc2)c2cc(CC)sc2NC(=O)c2ccccc2)CC1.